The van der Waals surface area contributed by atoms with Gasteiger partial charge >= 0.3 is 5.97 Å². The lowest BCUT2D eigenvalue weighted by molar-refractivity contribution is -0.150. The van der Waals surface area contributed by atoms with Gasteiger partial charge in [-0.1, -0.05) is 6.58 Å². The molecule has 1 aliphatic rings. The van der Waals surface area contributed by atoms with Crippen molar-refractivity contribution in [1.29, 1.82) is 0 Å². The zero-order chi connectivity index (χ0) is 20.6. The third-order valence-corrected chi connectivity index (χ3v) is 4.44. The molecule has 0 saturated carbocycles. The molecule has 1 aliphatic heterocycles. The topological polar surface area (TPSA) is 106 Å². The maximum atomic E-state index is 12.1. The number of esters is 1. The normalized spacial score (nSPS) is 15.9. The standard InChI is InChI=1S/C18H30N4O5S/c1-13(23)5-6-15(24)27-14(11-19-18(2,3)4)12-26-17-16(20-28-21-17)22-7-9-25-10-8-22/h14,19,23H,1,5-12H2,2-4H3/t14-/m0/s1. The van der Waals surface area contributed by atoms with Crippen molar-refractivity contribution in [2.75, 3.05) is 44.4 Å². The second-order valence-corrected chi connectivity index (χ2v) is 8.14. The third-order valence-electron chi connectivity index (χ3n) is 3.93. The number of allylic oxidation sites excluding steroid dienone is 1. The number of morpholine rings is 1. The molecule has 0 spiro atoms. The van der Waals surface area contributed by atoms with Crippen molar-refractivity contribution >= 4 is 23.5 Å². The highest BCUT2D eigenvalue weighted by Gasteiger charge is 2.23. The molecule has 1 atom stereocenters. The number of ether oxygens (including phenoxy) is 3. The van der Waals surface area contributed by atoms with Crippen LogP contribution in [-0.4, -0.2) is 70.9 Å². The number of aliphatic hydroxyl groups excluding tert-OH is 1. The quantitative estimate of drug-likeness (QED) is 0.438. The maximum Gasteiger partial charge on any atom is 0.306 e. The van der Waals surface area contributed by atoms with Crippen LogP contribution in [-0.2, 0) is 14.3 Å². The molecular weight excluding hydrogens is 384 g/mol. The molecule has 10 heteroatoms. The first kappa shape index (κ1) is 22.4. The molecule has 0 aliphatic carbocycles. The lowest BCUT2D eigenvalue weighted by atomic mass is 10.1. The van der Waals surface area contributed by atoms with Crippen molar-refractivity contribution in [2.24, 2.45) is 0 Å². The molecule has 2 rings (SSSR count). The minimum Gasteiger partial charge on any atom is -0.513 e. The molecule has 158 valence electrons. The van der Waals surface area contributed by atoms with Crippen LogP contribution in [0.5, 0.6) is 5.88 Å². The summed E-state index contributed by atoms with van der Waals surface area (Å²) in [5.74, 6) is 0.678. The Kier molecular flexibility index (Phi) is 8.46. The van der Waals surface area contributed by atoms with Gasteiger partial charge in [0, 0.05) is 31.6 Å². The molecule has 2 N–H and O–H groups in total. The summed E-state index contributed by atoms with van der Waals surface area (Å²) in [5, 5.41) is 12.5. The van der Waals surface area contributed by atoms with Crippen molar-refractivity contribution in [3.05, 3.63) is 12.3 Å². The van der Waals surface area contributed by atoms with E-state index in [1.807, 2.05) is 20.8 Å². The lowest BCUT2D eigenvalue weighted by Gasteiger charge is -2.27. The van der Waals surface area contributed by atoms with E-state index >= 15 is 0 Å². The number of nitrogens with zero attached hydrogens (tertiary/aromatic N) is 3. The number of aliphatic hydroxyl groups is 1. The van der Waals surface area contributed by atoms with Crippen molar-refractivity contribution < 1.29 is 24.1 Å². The Hall–Kier alpha value is -1.91. The molecule has 28 heavy (non-hydrogen) atoms. The van der Waals surface area contributed by atoms with Gasteiger partial charge in [-0.2, -0.15) is 4.37 Å². The molecule has 0 amide bonds. The van der Waals surface area contributed by atoms with Gasteiger partial charge in [0.15, 0.2) is 0 Å². The van der Waals surface area contributed by atoms with E-state index in [4.69, 9.17) is 19.3 Å². The summed E-state index contributed by atoms with van der Waals surface area (Å²) in [5.41, 5.74) is -0.134. The van der Waals surface area contributed by atoms with E-state index in [-0.39, 0.29) is 30.7 Å². The van der Waals surface area contributed by atoms with Crippen LogP contribution in [0.25, 0.3) is 0 Å². The van der Waals surface area contributed by atoms with Crippen molar-refractivity contribution in [2.45, 2.75) is 45.3 Å². The number of aromatic nitrogens is 2. The van der Waals surface area contributed by atoms with E-state index in [0.717, 1.165) is 24.8 Å². The van der Waals surface area contributed by atoms with E-state index in [0.29, 0.717) is 31.5 Å². The molecule has 1 saturated heterocycles. The summed E-state index contributed by atoms with van der Waals surface area (Å²) in [4.78, 5) is 14.1. The van der Waals surface area contributed by atoms with Crippen molar-refractivity contribution in [3.8, 4) is 5.88 Å². The first-order chi connectivity index (χ1) is 13.2. The third kappa shape index (κ3) is 7.99. The number of carbonyl (C=O) groups is 1. The highest BCUT2D eigenvalue weighted by molar-refractivity contribution is 6.99. The molecule has 1 fully saturated rings. The van der Waals surface area contributed by atoms with E-state index < -0.39 is 12.1 Å². The first-order valence-corrected chi connectivity index (χ1v) is 10.1. The Labute approximate surface area is 170 Å². The van der Waals surface area contributed by atoms with Crippen LogP contribution in [0.15, 0.2) is 12.3 Å². The molecule has 0 aromatic carbocycles. The molecule has 1 aromatic heterocycles. The number of hydrogen-bond donors (Lipinski definition) is 2. The van der Waals surface area contributed by atoms with Gasteiger partial charge in [0.2, 0.25) is 5.82 Å². The van der Waals surface area contributed by atoms with E-state index in [1.165, 1.54) is 0 Å². The fourth-order valence-corrected chi connectivity index (χ4v) is 2.97. The Bertz CT molecular complexity index is 640. The SMILES string of the molecule is C=C(O)CCC(=O)O[C@@H](CNC(C)(C)C)COc1nsnc1N1CCOCC1. The average Bonchev–Trinajstić information content (AvgIpc) is 3.11. The van der Waals surface area contributed by atoms with Crippen LogP contribution in [0, 0.1) is 0 Å². The Balaban J connectivity index is 1.94. The van der Waals surface area contributed by atoms with E-state index in [2.05, 4.69) is 25.5 Å². The molecule has 1 aromatic rings. The van der Waals surface area contributed by atoms with Gasteiger partial charge in [0.1, 0.15) is 12.7 Å². The molecule has 0 radical (unpaired) electrons. The zero-order valence-electron chi connectivity index (χ0n) is 16.8. The van der Waals surface area contributed by atoms with Crippen molar-refractivity contribution in [3.63, 3.8) is 0 Å². The summed E-state index contributed by atoms with van der Waals surface area (Å²) in [7, 11) is 0. The largest absolute Gasteiger partial charge is 0.513 e. The summed E-state index contributed by atoms with van der Waals surface area (Å²) in [6, 6.07) is 0. The van der Waals surface area contributed by atoms with Gasteiger partial charge in [0.05, 0.1) is 37.1 Å². The van der Waals surface area contributed by atoms with Gasteiger partial charge < -0.3 is 29.5 Å². The fraction of sp³-hybridized carbons (Fsp3) is 0.722. The maximum absolute atomic E-state index is 12.1. The average molecular weight is 415 g/mol. The summed E-state index contributed by atoms with van der Waals surface area (Å²) in [6.45, 7) is 12.8. The van der Waals surface area contributed by atoms with Gasteiger partial charge in [-0.25, -0.2) is 0 Å². The minimum atomic E-state index is -0.502. The van der Waals surface area contributed by atoms with Crippen LogP contribution < -0.4 is 15.0 Å². The Morgan fingerprint density at radius 3 is 2.71 bits per heavy atom. The molecular formula is C18H30N4O5S. The summed E-state index contributed by atoms with van der Waals surface area (Å²) >= 11 is 1.09. The number of rotatable bonds is 10. The molecule has 0 bridgehead atoms. The molecule has 2 heterocycles. The predicted octanol–water partition coefficient (Wildman–Crippen LogP) is 1.91. The van der Waals surface area contributed by atoms with Crippen LogP contribution in [0.4, 0.5) is 5.82 Å². The first-order valence-electron chi connectivity index (χ1n) is 9.34. The zero-order valence-corrected chi connectivity index (χ0v) is 17.6. The fourth-order valence-electron chi connectivity index (χ4n) is 2.45. The van der Waals surface area contributed by atoms with Crippen LogP contribution in [0.3, 0.4) is 0 Å². The van der Waals surface area contributed by atoms with Crippen molar-refractivity contribution in [1.82, 2.24) is 14.1 Å². The van der Waals surface area contributed by atoms with E-state index in [9.17, 15) is 4.79 Å². The molecule has 0 unspecified atom stereocenters. The smallest absolute Gasteiger partial charge is 0.306 e. The van der Waals surface area contributed by atoms with Gasteiger partial charge in [-0.05, 0) is 20.8 Å². The van der Waals surface area contributed by atoms with Crippen LogP contribution >= 0.6 is 11.7 Å². The van der Waals surface area contributed by atoms with Crippen LogP contribution in [0.1, 0.15) is 33.6 Å². The minimum absolute atomic E-state index is 0.0405. The monoisotopic (exact) mass is 414 g/mol. The summed E-state index contributed by atoms with van der Waals surface area (Å²) < 4.78 is 25.3. The number of hydrogen-bond acceptors (Lipinski definition) is 10. The van der Waals surface area contributed by atoms with Gasteiger partial charge in [0.25, 0.3) is 5.88 Å². The second kappa shape index (κ2) is 10.6. The summed E-state index contributed by atoms with van der Waals surface area (Å²) in [6.07, 6.45) is -0.257. The second-order valence-electron chi connectivity index (χ2n) is 7.61. The molecule has 9 nitrogen and oxygen atoms in total. The number of carbonyl (C=O) groups excluding carboxylic acids is 1. The van der Waals surface area contributed by atoms with Gasteiger partial charge in [-0.15, -0.1) is 4.37 Å². The Morgan fingerprint density at radius 2 is 2.07 bits per heavy atom. The predicted molar refractivity (Wildman–Crippen MR) is 107 cm³/mol. The van der Waals surface area contributed by atoms with Crippen LogP contribution in [0.2, 0.25) is 0 Å². The van der Waals surface area contributed by atoms with Gasteiger partial charge in [-0.3, -0.25) is 4.79 Å². The highest BCUT2D eigenvalue weighted by Crippen LogP contribution is 2.26. The van der Waals surface area contributed by atoms with E-state index in [1.54, 1.807) is 0 Å². The number of nitrogens with one attached hydrogen (secondary N) is 1. The Morgan fingerprint density at radius 1 is 1.36 bits per heavy atom. The lowest BCUT2D eigenvalue weighted by Crippen LogP contribution is -2.44. The highest BCUT2D eigenvalue weighted by atomic mass is 32.1. The number of anilines is 1.